The van der Waals surface area contributed by atoms with Gasteiger partial charge in [0.1, 0.15) is 5.82 Å². The molecule has 17 heavy (non-hydrogen) atoms. The van der Waals surface area contributed by atoms with Gasteiger partial charge >= 0.3 is 0 Å². The maximum atomic E-state index is 12.9. The van der Waals surface area contributed by atoms with Crippen molar-refractivity contribution in [2.75, 3.05) is 5.75 Å². The van der Waals surface area contributed by atoms with Crippen molar-refractivity contribution in [3.63, 3.8) is 0 Å². The molecular formula is C14H13FOS. The van der Waals surface area contributed by atoms with E-state index in [-0.39, 0.29) is 5.82 Å². The molecule has 0 aromatic heterocycles. The lowest BCUT2D eigenvalue weighted by atomic mass is 10.1. The Kier molecular flexibility index (Phi) is 4.18. The van der Waals surface area contributed by atoms with E-state index >= 15 is 0 Å². The molecule has 1 atom stereocenters. The molecule has 1 unspecified atom stereocenters. The molecule has 0 radical (unpaired) electrons. The minimum atomic E-state index is -0.524. The van der Waals surface area contributed by atoms with Crippen LogP contribution in [0.25, 0.3) is 0 Å². The van der Waals surface area contributed by atoms with E-state index in [1.54, 1.807) is 6.07 Å². The summed E-state index contributed by atoms with van der Waals surface area (Å²) in [5.74, 6) is 0.275. The van der Waals surface area contributed by atoms with Gasteiger partial charge in [0.05, 0.1) is 6.10 Å². The van der Waals surface area contributed by atoms with E-state index in [9.17, 15) is 9.50 Å². The molecule has 2 aromatic rings. The molecule has 0 saturated heterocycles. The van der Waals surface area contributed by atoms with Gasteiger partial charge < -0.3 is 5.11 Å². The second-order valence-corrected chi connectivity index (χ2v) is 4.79. The van der Waals surface area contributed by atoms with Gasteiger partial charge in [0.2, 0.25) is 0 Å². The first-order valence-electron chi connectivity index (χ1n) is 5.37. The van der Waals surface area contributed by atoms with Crippen LogP contribution in [0, 0.1) is 5.82 Å². The zero-order chi connectivity index (χ0) is 12.1. The normalized spacial score (nSPS) is 12.4. The first-order chi connectivity index (χ1) is 8.25. The Morgan fingerprint density at radius 3 is 2.53 bits per heavy atom. The lowest BCUT2D eigenvalue weighted by molar-refractivity contribution is 0.204. The van der Waals surface area contributed by atoms with Crippen molar-refractivity contribution in [3.8, 4) is 0 Å². The molecular weight excluding hydrogens is 235 g/mol. The van der Waals surface area contributed by atoms with Crippen molar-refractivity contribution < 1.29 is 9.50 Å². The third-order valence-electron chi connectivity index (χ3n) is 2.39. The van der Waals surface area contributed by atoms with Crippen LogP contribution in [-0.2, 0) is 0 Å². The Labute approximate surface area is 104 Å². The number of hydrogen-bond acceptors (Lipinski definition) is 2. The van der Waals surface area contributed by atoms with Crippen molar-refractivity contribution in [1.82, 2.24) is 0 Å². The predicted octanol–water partition coefficient (Wildman–Crippen LogP) is 3.65. The first-order valence-corrected chi connectivity index (χ1v) is 6.35. The van der Waals surface area contributed by atoms with Crippen LogP contribution >= 0.6 is 11.8 Å². The van der Waals surface area contributed by atoms with Gasteiger partial charge in [-0.15, -0.1) is 11.8 Å². The fourth-order valence-corrected chi connectivity index (χ4v) is 2.42. The second kappa shape index (κ2) is 5.84. The fraction of sp³-hybridized carbons (Fsp3) is 0.143. The van der Waals surface area contributed by atoms with Crippen LogP contribution < -0.4 is 0 Å². The summed E-state index contributed by atoms with van der Waals surface area (Å²) in [5, 5.41) is 9.94. The minimum Gasteiger partial charge on any atom is -0.388 e. The van der Waals surface area contributed by atoms with Gasteiger partial charge in [0.25, 0.3) is 0 Å². The van der Waals surface area contributed by atoms with Crippen LogP contribution in [0.2, 0.25) is 0 Å². The number of aliphatic hydroxyl groups is 1. The van der Waals surface area contributed by atoms with Crippen molar-refractivity contribution >= 4 is 11.8 Å². The number of hydrogen-bond donors (Lipinski definition) is 1. The lowest BCUT2D eigenvalue weighted by Gasteiger charge is -2.10. The molecule has 1 N–H and O–H groups in total. The quantitative estimate of drug-likeness (QED) is 0.833. The van der Waals surface area contributed by atoms with Crippen molar-refractivity contribution in [1.29, 1.82) is 0 Å². The first kappa shape index (κ1) is 12.1. The van der Waals surface area contributed by atoms with E-state index in [2.05, 4.69) is 0 Å². The van der Waals surface area contributed by atoms with E-state index in [0.29, 0.717) is 5.75 Å². The van der Waals surface area contributed by atoms with Gasteiger partial charge in [-0.05, 0) is 23.8 Å². The number of halogens is 1. The van der Waals surface area contributed by atoms with E-state index in [1.165, 1.54) is 23.9 Å². The van der Waals surface area contributed by atoms with Crippen LogP contribution in [0.15, 0.2) is 59.5 Å². The molecule has 2 rings (SSSR count). The number of rotatable bonds is 4. The summed E-state index contributed by atoms with van der Waals surface area (Å²) in [6.07, 6.45) is -0.524. The molecule has 3 heteroatoms. The molecule has 0 heterocycles. The standard InChI is InChI=1S/C14H13FOS/c15-12-7-4-8-13(9-12)17-10-14(16)11-5-2-1-3-6-11/h1-9,14,16H,10H2. The van der Waals surface area contributed by atoms with Gasteiger partial charge in [-0.2, -0.15) is 0 Å². The maximum absolute atomic E-state index is 12.9. The molecule has 2 aromatic carbocycles. The lowest BCUT2D eigenvalue weighted by Crippen LogP contribution is -1.99. The van der Waals surface area contributed by atoms with E-state index in [0.717, 1.165) is 10.5 Å². The maximum Gasteiger partial charge on any atom is 0.124 e. The number of aliphatic hydroxyl groups excluding tert-OH is 1. The van der Waals surface area contributed by atoms with Crippen molar-refractivity contribution in [3.05, 3.63) is 66.0 Å². The van der Waals surface area contributed by atoms with Gasteiger partial charge in [-0.1, -0.05) is 36.4 Å². The summed E-state index contributed by atoms with van der Waals surface area (Å²) in [6.45, 7) is 0. The van der Waals surface area contributed by atoms with Crippen LogP contribution in [-0.4, -0.2) is 10.9 Å². The van der Waals surface area contributed by atoms with Gasteiger partial charge in [-0.25, -0.2) is 4.39 Å². The molecule has 1 nitrogen and oxygen atoms in total. The Morgan fingerprint density at radius 2 is 1.82 bits per heavy atom. The highest BCUT2D eigenvalue weighted by Gasteiger charge is 2.07. The average Bonchev–Trinajstić information content (AvgIpc) is 2.37. The predicted molar refractivity (Wildman–Crippen MR) is 68.5 cm³/mol. The summed E-state index contributed by atoms with van der Waals surface area (Å²) < 4.78 is 12.9. The topological polar surface area (TPSA) is 20.2 Å². The van der Waals surface area contributed by atoms with Crippen LogP contribution in [0.4, 0.5) is 4.39 Å². The highest BCUT2D eigenvalue weighted by molar-refractivity contribution is 7.99. The molecule has 0 aliphatic heterocycles. The number of benzene rings is 2. The zero-order valence-electron chi connectivity index (χ0n) is 9.21. The van der Waals surface area contributed by atoms with E-state index in [4.69, 9.17) is 0 Å². The Hall–Kier alpha value is -1.32. The molecule has 0 saturated carbocycles. The highest BCUT2D eigenvalue weighted by atomic mass is 32.2. The summed E-state index contributed by atoms with van der Waals surface area (Å²) in [7, 11) is 0. The van der Waals surface area contributed by atoms with Crippen LogP contribution in [0.5, 0.6) is 0 Å². The Balaban J connectivity index is 1.95. The summed E-state index contributed by atoms with van der Waals surface area (Å²) in [4.78, 5) is 0.833. The molecule has 0 aliphatic carbocycles. The zero-order valence-corrected chi connectivity index (χ0v) is 10.0. The monoisotopic (exact) mass is 248 g/mol. The van der Waals surface area contributed by atoms with E-state index in [1.807, 2.05) is 36.4 Å². The van der Waals surface area contributed by atoms with Crippen molar-refractivity contribution in [2.24, 2.45) is 0 Å². The van der Waals surface area contributed by atoms with E-state index < -0.39 is 6.10 Å². The second-order valence-electron chi connectivity index (χ2n) is 3.69. The summed E-state index contributed by atoms with van der Waals surface area (Å²) in [5.41, 5.74) is 0.886. The summed E-state index contributed by atoms with van der Waals surface area (Å²) in [6, 6.07) is 15.9. The largest absolute Gasteiger partial charge is 0.388 e. The third-order valence-corrected chi connectivity index (χ3v) is 3.46. The average molecular weight is 248 g/mol. The number of thioether (sulfide) groups is 1. The third kappa shape index (κ3) is 3.58. The molecule has 0 bridgehead atoms. The van der Waals surface area contributed by atoms with Crippen molar-refractivity contribution in [2.45, 2.75) is 11.0 Å². The molecule has 0 spiro atoms. The van der Waals surface area contributed by atoms with Crippen LogP contribution in [0.1, 0.15) is 11.7 Å². The highest BCUT2D eigenvalue weighted by Crippen LogP contribution is 2.24. The molecule has 0 aliphatic rings. The minimum absolute atomic E-state index is 0.246. The fourth-order valence-electron chi connectivity index (χ4n) is 1.50. The van der Waals surface area contributed by atoms with Gasteiger partial charge in [-0.3, -0.25) is 0 Å². The Bertz CT molecular complexity index is 473. The Morgan fingerprint density at radius 1 is 1.06 bits per heavy atom. The molecule has 0 amide bonds. The van der Waals surface area contributed by atoms with Gasteiger partial charge in [0.15, 0.2) is 0 Å². The van der Waals surface area contributed by atoms with Gasteiger partial charge in [0, 0.05) is 10.6 Å². The molecule has 0 fully saturated rings. The van der Waals surface area contributed by atoms with Crippen LogP contribution in [0.3, 0.4) is 0 Å². The molecule has 88 valence electrons. The SMILES string of the molecule is OC(CSc1cccc(F)c1)c1ccccc1. The summed E-state index contributed by atoms with van der Waals surface area (Å²) >= 11 is 1.45. The smallest absolute Gasteiger partial charge is 0.124 e.